The highest BCUT2D eigenvalue weighted by molar-refractivity contribution is 7.92. The summed E-state index contributed by atoms with van der Waals surface area (Å²) in [4.78, 5) is 15.4. The second-order valence-electron chi connectivity index (χ2n) is 6.17. The van der Waals surface area contributed by atoms with Gasteiger partial charge in [0.1, 0.15) is 11.5 Å². The van der Waals surface area contributed by atoms with Crippen molar-refractivity contribution in [2.24, 2.45) is 0 Å². The maximum Gasteiger partial charge on any atom is 0.229 e. The van der Waals surface area contributed by atoms with Crippen molar-refractivity contribution in [3.63, 3.8) is 0 Å². The second kappa shape index (κ2) is 8.10. The predicted octanol–water partition coefficient (Wildman–Crippen LogP) is 3.87. The Morgan fingerprint density at radius 3 is 2.36 bits per heavy atom. The molecule has 8 heteroatoms. The number of sulfonamides is 1. The molecule has 0 aliphatic rings. The SMILES string of the molecule is CC(=O)Nc1cccc(Oc2cncc(-c3ccc(NS(C)(=O)=O)cc3)c2)c1. The fourth-order valence-corrected chi connectivity index (χ4v) is 3.12. The van der Waals surface area contributed by atoms with Crippen LogP contribution in [0.4, 0.5) is 11.4 Å². The van der Waals surface area contributed by atoms with E-state index in [4.69, 9.17) is 4.74 Å². The lowest BCUT2D eigenvalue weighted by atomic mass is 10.1. The van der Waals surface area contributed by atoms with Crippen LogP contribution in [-0.2, 0) is 14.8 Å². The third kappa shape index (κ3) is 5.55. The highest BCUT2D eigenvalue weighted by Crippen LogP contribution is 2.28. The Balaban J connectivity index is 1.78. The Bertz CT molecular complexity index is 1100. The van der Waals surface area contributed by atoms with E-state index >= 15 is 0 Å². The number of hydrogen-bond acceptors (Lipinski definition) is 5. The summed E-state index contributed by atoms with van der Waals surface area (Å²) in [6, 6.07) is 15.8. The standard InChI is InChI=1S/C20H19N3O4S/c1-14(24)22-18-4-3-5-19(11-18)27-20-10-16(12-21-13-20)15-6-8-17(9-7-15)23-28(2,25)26/h3-13,23H,1-2H3,(H,22,24). The van der Waals surface area contributed by atoms with Crippen molar-refractivity contribution in [3.8, 4) is 22.6 Å². The number of pyridine rings is 1. The molecule has 0 atom stereocenters. The van der Waals surface area contributed by atoms with Gasteiger partial charge in [0.2, 0.25) is 15.9 Å². The van der Waals surface area contributed by atoms with Crippen molar-refractivity contribution in [2.45, 2.75) is 6.92 Å². The van der Waals surface area contributed by atoms with Crippen molar-refractivity contribution in [2.75, 3.05) is 16.3 Å². The molecule has 0 saturated carbocycles. The Morgan fingerprint density at radius 1 is 0.929 bits per heavy atom. The molecule has 2 aromatic carbocycles. The third-order valence-electron chi connectivity index (χ3n) is 3.62. The zero-order valence-electron chi connectivity index (χ0n) is 15.3. The van der Waals surface area contributed by atoms with Gasteiger partial charge in [-0.25, -0.2) is 8.42 Å². The van der Waals surface area contributed by atoms with Crippen LogP contribution in [0, 0.1) is 0 Å². The molecule has 3 aromatic rings. The lowest BCUT2D eigenvalue weighted by Gasteiger charge is -2.10. The molecule has 0 bridgehead atoms. The molecule has 3 rings (SSSR count). The normalized spacial score (nSPS) is 10.9. The summed E-state index contributed by atoms with van der Waals surface area (Å²) >= 11 is 0. The number of carbonyl (C=O) groups excluding carboxylic acids is 1. The number of nitrogens with one attached hydrogen (secondary N) is 2. The molecule has 28 heavy (non-hydrogen) atoms. The highest BCUT2D eigenvalue weighted by Gasteiger charge is 2.06. The van der Waals surface area contributed by atoms with E-state index in [0.29, 0.717) is 22.9 Å². The molecule has 0 fully saturated rings. The summed E-state index contributed by atoms with van der Waals surface area (Å²) in [5.41, 5.74) is 2.81. The fourth-order valence-electron chi connectivity index (χ4n) is 2.55. The van der Waals surface area contributed by atoms with Crippen LogP contribution in [0.15, 0.2) is 67.0 Å². The number of amides is 1. The van der Waals surface area contributed by atoms with Gasteiger partial charge in [-0.15, -0.1) is 0 Å². The lowest BCUT2D eigenvalue weighted by Crippen LogP contribution is -2.09. The molecule has 1 heterocycles. The minimum Gasteiger partial charge on any atom is -0.456 e. The van der Waals surface area contributed by atoms with Crippen molar-refractivity contribution in [1.29, 1.82) is 0 Å². The largest absolute Gasteiger partial charge is 0.456 e. The van der Waals surface area contributed by atoms with E-state index in [2.05, 4.69) is 15.0 Å². The van der Waals surface area contributed by atoms with Gasteiger partial charge in [-0.1, -0.05) is 18.2 Å². The molecule has 2 N–H and O–H groups in total. The molecule has 0 aliphatic heterocycles. The maximum absolute atomic E-state index is 11.3. The first kappa shape index (κ1) is 19.4. The zero-order chi connectivity index (χ0) is 20.1. The summed E-state index contributed by atoms with van der Waals surface area (Å²) in [6.45, 7) is 1.44. The number of anilines is 2. The van der Waals surface area contributed by atoms with E-state index in [1.807, 2.05) is 6.07 Å². The molecule has 0 unspecified atom stereocenters. The van der Waals surface area contributed by atoms with E-state index in [0.717, 1.165) is 17.4 Å². The van der Waals surface area contributed by atoms with Gasteiger partial charge in [0, 0.05) is 36.1 Å². The zero-order valence-corrected chi connectivity index (χ0v) is 16.2. The van der Waals surface area contributed by atoms with Gasteiger partial charge in [0.05, 0.1) is 12.5 Å². The number of benzene rings is 2. The van der Waals surface area contributed by atoms with Crippen LogP contribution in [0.5, 0.6) is 11.5 Å². The van der Waals surface area contributed by atoms with Gasteiger partial charge in [-0.2, -0.15) is 0 Å². The van der Waals surface area contributed by atoms with Crippen LogP contribution in [0.1, 0.15) is 6.92 Å². The fraction of sp³-hybridized carbons (Fsp3) is 0.100. The molecule has 1 amide bonds. The predicted molar refractivity (Wildman–Crippen MR) is 109 cm³/mol. The Morgan fingerprint density at radius 2 is 1.68 bits per heavy atom. The number of hydrogen-bond donors (Lipinski definition) is 2. The summed E-state index contributed by atoms with van der Waals surface area (Å²) in [5.74, 6) is 0.948. The van der Waals surface area contributed by atoms with Crippen LogP contribution in [0.3, 0.4) is 0 Å². The first-order valence-corrected chi connectivity index (χ1v) is 10.3. The maximum atomic E-state index is 11.3. The van der Waals surface area contributed by atoms with Crippen molar-refractivity contribution in [1.82, 2.24) is 4.98 Å². The first-order valence-electron chi connectivity index (χ1n) is 8.37. The molecule has 0 radical (unpaired) electrons. The Labute approximate surface area is 163 Å². The summed E-state index contributed by atoms with van der Waals surface area (Å²) in [6.07, 6.45) is 4.39. The molecule has 7 nitrogen and oxygen atoms in total. The lowest BCUT2D eigenvalue weighted by molar-refractivity contribution is -0.114. The molecular weight excluding hydrogens is 378 g/mol. The minimum absolute atomic E-state index is 0.158. The van der Waals surface area contributed by atoms with E-state index in [1.165, 1.54) is 6.92 Å². The first-order chi connectivity index (χ1) is 13.3. The van der Waals surface area contributed by atoms with Gasteiger partial charge in [-0.3, -0.25) is 14.5 Å². The average Bonchev–Trinajstić information content (AvgIpc) is 2.61. The molecule has 144 valence electrons. The van der Waals surface area contributed by atoms with E-state index < -0.39 is 10.0 Å². The third-order valence-corrected chi connectivity index (χ3v) is 4.23. The van der Waals surface area contributed by atoms with Gasteiger partial charge in [0.25, 0.3) is 0 Å². The van der Waals surface area contributed by atoms with Gasteiger partial charge >= 0.3 is 0 Å². The average molecular weight is 397 g/mol. The topological polar surface area (TPSA) is 97.4 Å². The highest BCUT2D eigenvalue weighted by atomic mass is 32.2. The monoisotopic (exact) mass is 397 g/mol. The van der Waals surface area contributed by atoms with Crippen molar-refractivity contribution >= 4 is 27.3 Å². The number of ether oxygens (including phenoxy) is 1. The van der Waals surface area contributed by atoms with Crippen LogP contribution < -0.4 is 14.8 Å². The minimum atomic E-state index is -3.32. The molecule has 0 saturated heterocycles. The van der Waals surface area contributed by atoms with E-state index in [-0.39, 0.29) is 5.91 Å². The molecule has 0 aliphatic carbocycles. The van der Waals surface area contributed by atoms with Crippen LogP contribution >= 0.6 is 0 Å². The number of carbonyl (C=O) groups is 1. The van der Waals surface area contributed by atoms with Crippen LogP contribution in [-0.4, -0.2) is 25.6 Å². The van der Waals surface area contributed by atoms with Crippen LogP contribution in [0.2, 0.25) is 0 Å². The van der Waals surface area contributed by atoms with Gasteiger partial charge < -0.3 is 10.1 Å². The quantitative estimate of drug-likeness (QED) is 0.658. The Hall–Kier alpha value is -3.39. The molecular formula is C20H19N3O4S. The molecule has 0 spiro atoms. The summed E-state index contributed by atoms with van der Waals surface area (Å²) in [5, 5.41) is 2.71. The molecule has 1 aromatic heterocycles. The van der Waals surface area contributed by atoms with Crippen molar-refractivity contribution < 1.29 is 17.9 Å². The van der Waals surface area contributed by atoms with Crippen LogP contribution in [0.25, 0.3) is 11.1 Å². The van der Waals surface area contributed by atoms with Gasteiger partial charge in [-0.05, 0) is 35.9 Å². The van der Waals surface area contributed by atoms with E-state index in [9.17, 15) is 13.2 Å². The second-order valence-corrected chi connectivity index (χ2v) is 7.92. The van der Waals surface area contributed by atoms with Gasteiger partial charge in [0.15, 0.2) is 0 Å². The number of aromatic nitrogens is 1. The smallest absolute Gasteiger partial charge is 0.229 e. The Kier molecular flexibility index (Phi) is 5.60. The van der Waals surface area contributed by atoms with E-state index in [1.54, 1.807) is 60.9 Å². The number of rotatable bonds is 6. The number of nitrogens with zero attached hydrogens (tertiary/aromatic N) is 1. The summed E-state index contributed by atoms with van der Waals surface area (Å²) in [7, 11) is -3.32. The summed E-state index contributed by atoms with van der Waals surface area (Å²) < 4.78 is 30.9. The van der Waals surface area contributed by atoms with Crippen molar-refractivity contribution in [3.05, 3.63) is 67.0 Å².